The lowest BCUT2D eigenvalue weighted by Crippen LogP contribution is -2.36. The Morgan fingerprint density at radius 1 is 1.06 bits per heavy atom. The number of hydrogen-bond donors (Lipinski definition) is 3. The monoisotopic (exact) mass is 460 g/mol. The van der Waals surface area contributed by atoms with Gasteiger partial charge in [-0.05, 0) is 48.9 Å². The molecule has 4 rings (SSSR count). The molecule has 0 saturated carbocycles. The second kappa shape index (κ2) is 11.6. The summed E-state index contributed by atoms with van der Waals surface area (Å²) in [4.78, 5) is 23.5. The van der Waals surface area contributed by atoms with Crippen molar-refractivity contribution in [2.75, 3.05) is 41.8 Å². The van der Waals surface area contributed by atoms with Crippen LogP contribution >= 0.6 is 0 Å². The minimum absolute atomic E-state index is 0.158. The first-order chi connectivity index (χ1) is 16.6. The molecule has 4 N–H and O–H groups in total. The average Bonchev–Trinajstić information content (AvgIpc) is 2.89. The topological polar surface area (TPSA) is 105 Å². The molecule has 1 aliphatic heterocycles. The summed E-state index contributed by atoms with van der Waals surface area (Å²) in [5.41, 5.74) is 10.5. The SMILES string of the molecule is CCCCC(N)C(=O)Nc1ccc(-c2ccnc(Nc3ccc(N4CCOCC4)cc3)n2)cc1. The Balaban J connectivity index is 1.38. The van der Waals surface area contributed by atoms with Crippen LogP contribution in [0.25, 0.3) is 11.3 Å². The van der Waals surface area contributed by atoms with E-state index in [1.54, 1.807) is 6.20 Å². The molecule has 8 nitrogen and oxygen atoms in total. The Morgan fingerprint density at radius 2 is 1.76 bits per heavy atom. The van der Waals surface area contributed by atoms with Crippen molar-refractivity contribution >= 4 is 28.9 Å². The van der Waals surface area contributed by atoms with Gasteiger partial charge in [0.1, 0.15) is 0 Å². The molecule has 2 aromatic carbocycles. The van der Waals surface area contributed by atoms with E-state index in [9.17, 15) is 4.79 Å². The highest BCUT2D eigenvalue weighted by Crippen LogP contribution is 2.23. The number of benzene rings is 2. The fraction of sp³-hybridized carbons (Fsp3) is 0.346. The van der Waals surface area contributed by atoms with E-state index in [2.05, 4.69) is 44.6 Å². The summed E-state index contributed by atoms with van der Waals surface area (Å²) in [6.07, 6.45) is 4.38. The van der Waals surface area contributed by atoms with Gasteiger partial charge in [0, 0.05) is 41.9 Å². The van der Waals surface area contributed by atoms with Gasteiger partial charge in [0.05, 0.1) is 24.9 Å². The number of ether oxygens (including phenoxy) is 1. The van der Waals surface area contributed by atoms with E-state index >= 15 is 0 Å². The predicted octanol–water partition coefficient (Wildman–Crippen LogP) is 4.18. The lowest BCUT2D eigenvalue weighted by atomic mass is 10.1. The Hall–Kier alpha value is -3.49. The van der Waals surface area contributed by atoms with Crippen LogP contribution in [0.4, 0.5) is 23.0 Å². The highest BCUT2D eigenvalue weighted by molar-refractivity contribution is 5.94. The minimum atomic E-state index is -0.488. The van der Waals surface area contributed by atoms with Crippen molar-refractivity contribution in [3.05, 3.63) is 60.8 Å². The standard InChI is InChI=1S/C26H32N6O2/c1-2-3-4-23(27)25(33)29-20-7-5-19(6-8-20)24-13-14-28-26(31-24)30-21-9-11-22(12-10-21)32-15-17-34-18-16-32/h5-14,23H,2-4,15-18,27H2,1H3,(H,29,33)(H,28,30,31). The van der Waals surface area contributed by atoms with Gasteiger partial charge in [0.15, 0.2) is 0 Å². The smallest absolute Gasteiger partial charge is 0.241 e. The molecule has 8 heteroatoms. The van der Waals surface area contributed by atoms with Gasteiger partial charge in [-0.25, -0.2) is 9.97 Å². The molecule has 1 fully saturated rings. The van der Waals surface area contributed by atoms with Gasteiger partial charge in [-0.1, -0.05) is 31.9 Å². The second-order valence-corrected chi connectivity index (χ2v) is 8.35. The molecular weight excluding hydrogens is 428 g/mol. The molecule has 1 unspecified atom stereocenters. The molecule has 1 aliphatic rings. The number of nitrogens with one attached hydrogen (secondary N) is 2. The van der Waals surface area contributed by atoms with E-state index in [-0.39, 0.29) is 5.91 Å². The number of carbonyl (C=O) groups is 1. The second-order valence-electron chi connectivity index (χ2n) is 8.35. The lowest BCUT2D eigenvalue weighted by molar-refractivity contribution is -0.117. The molecule has 0 aliphatic carbocycles. The molecular formula is C26H32N6O2. The largest absolute Gasteiger partial charge is 0.378 e. The van der Waals surface area contributed by atoms with Crippen LogP contribution in [0.5, 0.6) is 0 Å². The van der Waals surface area contributed by atoms with E-state index in [4.69, 9.17) is 10.5 Å². The van der Waals surface area contributed by atoms with Crippen molar-refractivity contribution in [2.45, 2.75) is 32.2 Å². The average molecular weight is 461 g/mol. The Morgan fingerprint density at radius 3 is 2.47 bits per heavy atom. The van der Waals surface area contributed by atoms with Crippen LogP contribution in [0.3, 0.4) is 0 Å². The maximum Gasteiger partial charge on any atom is 0.241 e. The number of rotatable bonds is 9. The van der Waals surface area contributed by atoms with Gasteiger partial charge in [-0.15, -0.1) is 0 Å². The van der Waals surface area contributed by atoms with Crippen molar-refractivity contribution in [1.82, 2.24) is 9.97 Å². The van der Waals surface area contributed by atoms with Gasteiger partial charge in [0.2, 0.25) is 11.9 Å². The molecule has 1 aromatic heterocycles. The maximum atomic E-state index is 12.2. The van der Waals surface area contributed by atoms with E-state index < -0.39 is 6.04 Å². The molecule has 0 spiro atoms. The van der Waals surface area contributed by atoms with Crippen LogP contribution in [0.15, 0.2) is 60.8 Å². The lowest BCUT2D eigenvalue weighted by Gasteiger charge is -2.28. The first-order valence-electron chi connectivity index (χ1n) is 11.8. The fourth-order valence-corrected chi connectivity index (χ4v) is 3.80. The van der Waals surface area contributed by atoms with Crippen LogP contribution in [0.2, 0.25) is 0 Å². The first-order valence-corrected chi connectivity index (χ1v) is 11.8. The van der Waals surface area contributed by atoms with Gasteiger partial charge >= 0.3 is 0 Å². The molecule has 178 valence electrons. The number of aromatic nitrogens is 2. The Kier molecular flexibility index (Phi) is 8.06. The third-order valence-electron chi connectivity index (χ3n) is 5.81. The van der Waals surface area contributed by atoms with Crippen LogP contribution < -0.4 is 21.3 Å². The van der Waals surface area contributed by atoms with E-state index in [0.29, 0.717) is 18.1 Å². The Bertz CT molecular complexity index is 1070. The van der Waals surface area contributed by atoms with Gasteiger partial charge in [-0.3, -0.25) is 4.79 Å². The molecule has 1 atom stereocenters. The zero-order valence-corrected chi connectivity index (χ0v) is 19.5. The quantitative estimate of drug-likeness (QED) is 0.440. The molecule has 1 amide bonds. The van der Waals surface area contributed by atoms with Crippen LogP contribution in [-0.2, 0) is 9.53 Å². The first kappa shape index (κ1) is 23.7. The van der Waals surface area contributed by atoms with Crippen molar-refractivity contribution in [3.63, 3.8) is 0 Å². The molecule has 1 saturated heterocycles. The van der Waals surface area contributed by atoms with Crippen LogP contribution in [-0.4, -0.2) is 48.2 Å². The zero-order valence-electron chi connectivity index (χ0n) is 19.5. The van der Waals surface area contributed by atoms with E-state index in [0.717, 1.165) is 56.1 Å². The molecule has 2 heterocycles. The van der Waals surface area contributed by atoms with Crippen molar-refractivity contribution < 1.29 is 9.53 Å². The molecule has 0 radical (unpaired) electrons. The van der Waals surface area contributed by atoms with Gasteiger partial charge in [0.25, 0.3) is 0 Å². The number of morpholine rings is 1. The number of nitrogens with zero attached hydrogens (tertiary/aromatic N) is 3. The molecule has 34 heavy (non-hydrogen) atoms. The summed E-state index contributed by atoms with van der Waals surface area (Å²) < 4.78 is 5.42. The Labute approximate surface area is 200 Å². The number of hydrogen-bond acceptors (Lipinski definition) is 7. The number of unbranched alkanes of at least 4 members (excludes halogenated alkanes) is 1. The third kappa shape index (κ3) is 6.30. The van der Waals surface area contributed by atoms with Crippen LogP contribution in [0, 0.1) is 0 Å². The van der Waals surface area contributed by atoms with E-state index in [1.807, 2.05) is 42.5 Å². The van der Waals surface area contributed by atoms with Crippen molar-refractivity contribution in [2.24, 2.45) is 5.73 Å². The fourth-order valence-electron chi connectivity index (χ4n) is 3.80. The number of anilines is 4. The van der Waals surface area contributed by atoms with Gasteiger partial charge < -0.3 is 26.0 Å². The third-order valence-corrected chi connectivity index (χ3v) is 5.81. The number of nitrogens with two attached hydrogens (primary N) is 1. The van der Waals surface area contributed by atoms with Crippen molar-refractivity contribution in [1.29, 1.82) is 0 Å². The summed E-state index contributed by atoms with van der Waals surface area (Å²) >= 11 is 0. The number of amides is 1. The molecule has 3 aromatic rings. The zero-order chi connectivity index (χ0) is 23.8. The van der Waals surface area contributed by atoms with Crippen LogP contribution in [0.1, 0.15) is 26.2 Å². The molecule has 0 bridgehead atoms. The summed E-state index contributed by atoms with van der Waals surface area (Å²) in [5, 5.41) is 6.16. The summed E-state index contributed by atoms with van der Waals surface area (Å²) in [5.74, 6) is 0.366. The highest BCUT2D eigenvalue weighted by atomic mass is 16.5. The van der Waals surface area contributed by atoms with Gasteiger partial charge in [-0.2, -0.15) is 0 Å². The number of carbonyl (C=O) groups excluding carboxylic acids is 1. The maximum absolute atomic E-state index is 12.2. The predicted molar refractivity (Wildman–Crippen MR) is 136 cm³/mol. The van der Waals surface area contributed by atoms with E-state index in [1.165, 1.54) is 5.69 Å². The normalized spacial score (nSPS) is 14.5. The summed E-state index contributed by atoms with van der Waals surface area (Å²) in [7, 11) is 0. The summed E-state index contributed by atoms with van der Waals surface area (Å²) in [6, 6.07) is 17.2. The van der Waals surface area contributed by atoms with Crippen molar-refractivity contribution in [3.8, 4) is 11.3 Å². The minimum Gasteiger partial charge on any atom is -0.378 e. The summed E-state index contributed by atoms with van der Waals surface area (Å²) in [6.45, 7) is 5.43. The highest BCUT2D eigenvalue weighted by Gasteiger charge is 2.13.